The van der Waals surface area contributed by atoms with Crippen molar-refractivity contribution in [3.8, 4) is 0 Å². The maximum Gasteiger partial charge on any atom is 0.0679 e. The third kappa shape index (κ3) is 0.870. The van der Waals surface area contributed by atoms with Gasteiger partial charge in [-0.15, -0.1) is 0 Å². The topological polar surface area (TPSA) is 41.8 Å². The van der Waals surface area contributed by atoms with Crippen molar-refractivity contribution in [3.05, 3.63) is 29.4 Å². The molecule has 1 heterocycles. The molecule has 2 aromatic rings. The second-order valence-corrected chi connectivity index (χ2v) is 2.81. The number of anilines is 1. The van der Waals surface area contributed by atoms with E-state index >= 15 is 0 Å². The van der Waals surface area contributed by atoms with Gasteiger partial charge in [0.15, 0.2) is 0 Å². The van der Waals surface area contributed by atoms with Gasteiger partial charge >= 0.3 is 0 Å². The van der Waals surface area contributed by atoms with Crippen LogP contribution in [0.3, 0.4) is 0 Å². The van der Waals surface area contributed by atoms with Gasteiger partial charge in [0.2, 0.25) is 0 Å². The number of aromatic amines is 1. The number of aromatic nitrogens is 1. The third-order valence-electron chi connectivity index (χ3n) is 1.69. The summed E-state index contributed by atoms with van der Waals surface area (Å²) in [6.45, 7) is 0. The number of nitrogens with one attached hydrogen (secondary N) is 1. The quantitative estimate of drug-likeness (QED) is 0.580. The first-order valence-corrected chi connectivity index (χ1v) is 3.68. The van der Waals surface area contributed by atoms with E-state index in [4.69, 9.17) is 17.3 Å². The van der Waals surface area contributed by atoms with E-state index in [-0.39, 0.29) is 0 Å². The fourth-order valence-corrected chi connectivity index (χ4v) is 1.44. The molecule has 0 amide bonds. The highest BCUT2D eigenvalue weighted by molar-refractivity contribution is 6.36. The van der Waals surface area contributed by atoms with Gasteiger partial charge in [-0.1, -0.05) is 17.7 Å². The molecule has 0 saturated heterocycles. The van der Waals surface area contributed by atoms with Gasteiger partial charge in [0.1, 0.15) is 0 Å². The summed E-state index contributed by atoms with van der Waals surface area (Å²) >= 11 is 5.87. The van der Waals surface area contributed by atoms with Crippen molar-refractivity contribution in [1.29, 1.82) is 0 Å². The average molecular weight is 167 g/mol. The number of hydrogen-bond donors (Lipinski definition) is 2. The highest BCUT2D eigenvalue weighted by atomic mass is 35.5. The van der Waals surface area contributed by atoms with Gasteiger partial charge in [-0.25, -0.2) is 0 Å². The standard InChI is InChI=1S/C8H7ClN2/c9-5-4-11-7-3-1-2-6(10)8(5)7/h1-4,11H,10H2. The van der Waals surface area contributed by atoms with Crippen LogP contribution in [0, 0.1) is 0 Å². The molecule has 0 saturated carbocycles. The monoisotopic (exact) mass is 166 g/mol. The number of H-pyrrole nitrogens is 1. The van der Waals surface area contributed by atoms with Crippen LogP contribution in [0.1, 0.15) is 0 Å². The molecule has 0 aliphatic carbocycles. The maximum atomic E-state index is 5.87. The van der Waals surface area contributed by atoms with Crippen molar-refractivity contribution in [3.63, 3.8) is 0 Å². The van der Waals surface area contributed by atoms with Crippen LogP contribution in [-0.2, 0) is 0 Å². The van der Waals surface area contributed by atoms with Gasteiger partial charge in [-0.2, -0.15) is 0 Å². The van der Waals surface area contributed by atoms with Gasteiger partial charge in [0.25, 0.3) is 0 Å². The minimum Gasteiger partial charge on any atom is -0.398 e. The molecule has 0 bridgehead atoms. The number of nitrogen functional groups attached to an aromatic ring is 1. The van der Waals surface area contributed by atoms with Crippen LogP contribution in [0.2, 0.25) is 5.02 Å². The van der Waals surface area contributed by atoms with Crippen LogP contribution < -0.4 is 5.73 Å². The largest absolute Gasteiger partial charge is 0.398 e. The van der Waals surface area contributed by atoms with Crippen molar-refractivity contribution >= 4 is 28.2 Å². The predicted molar refractivity (Wildman–Crippen MR) is 47.7 cm³/mol. The summed E-state index contributed by atoms with van der Waals surface area (Å²) in [5.74, 6) is 0. The molecule has 0 spiro atoms. The Bertz CT molecular complexity index is 392. The van der Waals surface area contributed by atoms with Crippen molar-refractivity contribution in [2.24, 2.45) is 0 Å². The van der Waals surface area contributed by atoms with E-state index in [2.05, 4.69) is 4.98 Å². The Balaban J connectivity index is 2.96. The molecular formula is C8H7ClN2. The average Bonchev–Trinajstić information content (AvgIpc) is 2.34. The molecular weight excluding hydrogens is 160 g/mol. The van der Waals surface area contributed by atoms with Crippen LogP contribution in [0.4, 0.5) is 5.69 Å². The van der Waals surface area contributed by atoms with E-state index in [0.29, 0.717) is 10.7 Å². The first-order chi connectivity index (χ1) is 5.29. The molecule has 0 aliphatic rings. The van der Waals surface area contributed by atoms with Crippen LogP contribution >= 0.6 is 11.6 Å². The van der Waals surface area contributed by atoms with E-state index in [0.717, 1.165) is 10.9 Å². The summed E-state index contributed by atoms with van der Waals surface area (Å²) in [6, 6.07) is 5.67. The number of rotatable bonds is 0. The first-order valence-electron chi connectivity index (χ1n) is 3.30. The van der Waals surface area contributed by atoms with Crippen molar-refractivity contribution in [2.45, 2.75) is 0 Å². The Labute approximate surface area is 69.0 Å². The Morgan fingerprint density at radius 3 is 2.91 bits per heavy atom. The summed E-state index contributed by atoms with van der Waals surface area (Å²) in [7, 11) is 0. The van der Waals surface area contributed by atoms with Crippen molar-refractivity contribution < 1.29 is 0 Å². The molecule has 2 rings (SSSR count). The van der Waals surface area contributed by atoms with Crippen LogP contribution in [-0.4, -0.2) is 4.98 Å². The third-order valence-corrected chi connectivity index (χ3v) is 1.99. The zero-order valence-electron chi connectivity index (χ0n) is 5.76. The van der Waals surface area contributed by atoms with Crippen LogP contribution in [0.25, 0.3) is 10.9 Å². The summed E-state index contributed by atoms with van der Waals surface area (Å²) in [5.41, 5.74) is 7.39. The molecule has 1 aromatic carbocycles. The van der Waals surface area contributed by atoms with Crippen molar-refractivity contribution in [2.75, 3.05) is 5.73 Å². The molecule has 0 fully saturated rings. The smallest absolute Gasteiger partial charge is 0.0679 e. The van der Waals surface area contributed by atoms with E-state index in [9.17, 15) is 0 Å². The molecule has 2 nitrogen and oxygen atoms in total. The highest BCUT2D eigenvalue weighted by Crippen LogP contribution is 2.27. The highest BCUT2D eigenvalue weighted by Gasteiger charge is 2.02. The number of benzene rings is 1. The van der Waals surface area contributed by atoms with Gasteiger partial charge < -0.3 is 10.7 Å². The molecule has 0 aliphatic heterocycles. The lowest BCUT2D eigenvalue weighted by molar-refractivity contribution is 1.48. The maximum absolute atomic E-state index is 5.87. The number of nitrogens with two attached hydrogens (primary N) is 1. The van der Waals surface area contributed by atoms with Crippen LogP contribution in [0.15, 0.2) is 24.4 Å². The number of hydrogen-bond acceptors (Lipinski definition) is 1. The van der Waals surface area contributed by atoms with Gasteiger partial charge in [-0.3, -0.25) is 0 Å². The minimum absolute atomic E-state index is 0.679. The zero-order chi connectivity index (χ0) is 7.84. The minimum atomic E-state index is 0.679. The summed E-state index contributed by atoms with van der Waals surface area (Å²) in [6.07, 6.45) is 1.74. The van der Waals surface area contributed by atoms with Gasteiger partial charge in [0.05, 0.1) is 5.02 Å². The van der Waals surface area contributed by atoms with Gasteiger partial charge in [-0.05, 0) is 12.1 Å². The fourth-order valence-electron chi connectivity index (χ4n) is 1.17. The Kier molecular flexibility index (Phi) is 1.29. The van der Waals surface area contributed by atoms with Gasteiger partial charge in [0, 0.05) is 22.8 Å². The lowest BCUT2D eigenvalue weighted by atomic mass is 10.2. The van der Waals surface area contributed by atoms with E-state index in [1.54, 1.807) is 6.20 Å². The molecule has 0 radical (unpaired) electrons. The molecule has 3 heteroatoms. The van der Waals surface area contributed by atoms with Crippen LogP contribution in [0.5, 0.6) is 0 Å². The lowest BCUT2D eigenvalue weighted by Crippen LogP contribution is -1.83. The Morgan fingerprint density at radius 2 is 2.18 bits per heavy atom. The second-order valence-electron chi connectivity index (χ2n) is 2.41. The van der Waals surface area contributed by atoms with E-state index in [1.807, 2.05) is 18.2 Å². The summed E-state index contributed by atoms with van der Waals surface area (Å²) in [4.78, 5) is 3.02. The molecule has 0 unspecified atom stereocenters. The fraction of sp³-hybridized carbons (Fsp3) is 0. The number of halogens is 1. The summed E-state index contributed by atoms with van der Waals surface area (Å²) < 4.78 is 0. The lowest BCUT2D eigenvalue weighted by Gasteiger charge is -1.94. The molecule has 3 N–H and O–H groups in total. The normalized spacial score (nSPS) is 10.6. The molecule has 11 heavy (non-hydrogen) atoms. The number of fused-ring (bicyclic) bond motifs is 1. The SMILES string of the molecule is Nc1cccc2[nH]cc(Cl)c12. The Hall–Kier alpha value is -1.15. The Morgan fingerprint density at radius 1 is 1.36 bits per heavy atom. The molecule has 56 valence electrons. The van der Waals surface area contributed by atoms with Crippen molar-refractivity contribution in [1.82, 2.24) is 4.98 Å². The second kappa shape index (κ2) is 2.17. The van der Waals surface area contributed by atoms with E-state index < -0.39 is 0 Å². The predicted octanol–water partition coefficient (Wildman–Crippen LogP) is 2.40. The van der Waals surface area contributed by atoms with E-state index in [1.165, 1.54) is 0 Å². The molecule has 0 atom stereocenters. The first kappa shape index (κ1) is 6.55. The molecule has 1 aromatic heterocycles. The zero-order valence-corrected chi connectivity index (χ0v) is 6.52. The summed E-state index contributed by atoms with van der Waals surface area (Å²) in [5, 5.41) is 1.59.